The van der Waals surface area contributed by atoms with Crippen LogP contribution in [0.5, 0.6) is 5.75 Å². The summed E-state index contributed by atoms with van der Waals surface area (Å²) in [5.74, 6) is -0.331. The molecule has 0 aliphatic carbocycles. The second-order valence-corrected chi connectivity index (χ2v) is 6.24. The number of para-hydroxylation sites is 1. The predicted molar refractivity (Wildman–Crippen MR) is 83.8 cm³/mol. The standard InChI is InChI=1S/C17H19NO5/c1-10-11-5-4-6-12(22-3)14(11)23-13(10)15(19)18-8-7-17(2,9-18)16(20)21/h4-6H,7-9H2,1-3H3,(H,20,21)/t17-/m0/s1. The van der Waals surface area contributed by atoms with E-state index in [4.69, 9.17) is 9.15 Å². The molecular formula is C17H19NO5. The van der Waals surface area contributed by atoms with Gasteiger partial charge in [-0.15, -0.1) is 0 Å². The fourth-order valence-corrected chi connectivity index (χ4v) is 3.03. The van der Waals surface area contributed by atoms with E-state index >= 15 is 0 Å². The Morgan fingerprint density at radius 3 is 2.74 bits per heavy atom. The van der Waals surface area contributed by atoms with Crippen molar-refractivity contribution in [3.63, 3.8) is 0 Å². The van der Waals surface area contributed by atoms with Gasteiger partial charge in [0.2, 0.25) is 0 Å². The molecule has 23 heavy (non-hydrogen) atoms. The lowest BCUT2D eigenvalue weighted by atomic mass is 9.90. The lowest BCUT2D eigenvalue weighted by Crippen LogP contribution is -2.34. The Bertz CT molecular complexity index is 794. The summed E-state index contributed by atoms with van der Waals surface area (Å²) in [6.45, 7) is 4.09. The fourth-order valence-electron chi connectivity index (χ4n) is 3.03. The number of aryl methyl sites for hydroxylation is 1. The van der Waals surface area contributed by atoms with E-state index in [-0.39, 0.29) is 18.2 Å². The van der Waals surface area contributed by atoms with Crippen molar-refractivity contribution in [3.8, 4) is 5.75 Å². The molecule has 2 aromatic rings. The molecule has 0 unspecified atom stereocenters. The third-order valence-electron chi connectivity index (χ3n) is 4.62. The average molecular weight is 317 g/mol. The van der Waals surface area contributed by atoms with Crippen LogP contribution < -0.4 is 4.74 Å². The van der Waals surface area contributed by atoms with Crippen molar-refractivity contribution in [2.45, 2.75) is 20.3 Å². The smallest absolute Gasteiger partial charge is 0.311 e. The number of methoxy groups -OCH3 is 1. The van der Waals surface area contributed by atoms with Gasteiger partial charge in [0.15, 0.2) is 17.1 Å². The number of amides is 1. The van der Waals surface area contributed by atoms with Crippen LogP contribution in [0.25, 0.3) is 11.0 Å². The number of hydrogen-bond acceptors (Lipinski definition) is 4. The molecule has 3 rings (SSSR count). The van der Waals surface area contributed by atoms with Crippen molar-refractivity contribution < 1.29 is 23.8 Å². The van der Waals surface area contributed by atoms with Crippen LogP contribution in [-0.2, 0) is 4.79 Å². The number of fused-ring (bicyclic) bond motifs is 1. The lowest BCUT2D eigenvalue weighted by molar-refractivity contribution is -0.147. The molecule has 6 nitrogen and oxygen atoms in total. The van der Waals surface area contributed by atoms with Crippen LogP contribution in [0.1, 0.15) is 29.5 Å². The average Bonchev–Trinajstić information content (AvgIpc) is 3.09. The summed E-state index contributed by atoms with van der Waals surface area (Å²) in [5.41, 5.74) is 0.386. The Labute approximate surface area is 133 Å². The minimum Gasteiger partial charge on any atom is -0.493 e. The van der Waals surface area contributed by atoms with Crippen molar-refractivity contribution in [2.24, 2.45) is 5.41 Å². The van der Waals surface area contributed by atoms with Gasteiger partial charge < -0.3 is 19.2 Å². The molecule has 0 bridgehead atoms. The van der Waals surface area contributed by atoms with Gasteiger partial charge in [0.1, 0.15) is 0 Å². The summed E-state index contributed by atoms with van der Waals surface area (Å²) >= 11 is 0. The number of nitrogens with zero attached hydrogens (tertiary/aromatic N) is 1. The van der Waals surface area contributed by atoms with Crippen LogP contribution in [0, 0.1) is 12.3 Å². The predicted octanol–water partition coefficient (Wildman–Crippen LogP) is 2.69. The Morgan fingerprint density at radius 1 is 1.39 bits per heavy atom. The monoisotopic (exact) mass is 317 g/mol. The molecule has 1 aliphatic rings. The molecule has 1 saturated heterocycles. The highest BCUT2D eigenvalue weighted by Crippen LogP contribution is 2.35. The number of carbonyl (C=O) groups is 2. The molecule has 1 fully saturated rings. The number of aliphatic carboxylic acids is 1. The zero-order chi connectivity index (χ0) is 16.8. The number of carboxylic acids is 1. The molecule has 0 radical (unpaired) electrons. The number of likely N-dealkylation sites (tertiary alicyclic amines) is 1. The van der Waals surface area contributed by atoms with Crippen molar-refractivity contribution in [1.29, 1.82) is 0 Å². The van der Waals surface area contributed by atoms with E-state index in [1.807, 2.05) is 19.1 Å². The number of furan rings is 1. The lowest BCUT2D eigenvalue weighted by Gasteiger charge is -2.19. The van der Waals surface area contributed by atoms with Gasteiger partial charge in [0.05, 0.1) is 12.5 Å². The van der Waals surface area contributed by atoms with Gasteiger partial charge in [-0.2, -0.15) is 0 Å². The van der Waals surface area contributed by atoms with Gasteiger partial charge in [0.25, 0.3) is 5.91 Å². The summed E-state index contributed by atoms with van der Waals surface area (Å²) in [7, 11) is 1.55. The fraction of sp³-hybridized carbons (Fsp3) is 0.412. The van der Waals surface area contributed by atoms with Crippen LogP contribution in [0.2, 0.25) is 0 Å². The van der Waals surface area contributed by atoms with Crippen molar-refractivity contribution in [2.75, 3.05) is 20.2 Å². The number of hydrogen-bond donors (Lipinski definition) is 1. The molecule has 0 saturated carbocycles. The minimum absolute atomic E-state index is 0.189. The summed E-state index contributed by atoms with van der Waals surface area (Å²) in [6, 6.07) is 5.49. The van der Waals surface area contributed by atoms with Crippen LogP contribution >= 0.6 is 0 Å². The first-order valence-corrected chi connectivity index (χ1v) is 7.46. The highest BCUT2D eigenvalue weighted by Gasteiger charge is 2.43. The quantitative estimate of drug-likeness (QED) is 0.941. The first-order valence-electron chi connectivity index (χ1n) is 7.46. The minimum atomic E-state index is -0.896. The third kappa shape index (κ3) is 2.34. The number of benzene rings is 1. The van der Waals surface area contributed by atoms with E-state index in [1.165, 1.54) is 0 Å². The van der Waals surface area contributed by atoms with Gasteiger partial charge in [0, 0.05) is 24.0 Å². The highest BCUT2D eigenvalue weighted by molar-refractivity contribution is 6.00. The summed E-state index contributed by atoms with van der Waals surface area (Å²) in [6.07, 6.45) is 0.441. The number of ether oxygens (including phenoxy) is 1. The molecule has 0 spiro atoms. The molecule has 6 heteroatoms. The third-order valence-corrected chi connectivity index (χ3v) is 4.62. The zero-order valence-corrected chi connectivity index (χ0v) is 13.4. The number of carbonyl (C=O) groups excluding carboxylic acids is 1. The van der Waals surface area contributed by atoms with E-state index in [0.717, 1.165) is 10.9 Å². The molecule has 122 valence electrons. The van der Waals surface area contributed by atoms with Crippen LogP contribution in [0.4, 0.5) is 0 Å². The van der Waals surface area contributed by atoms with Gasteiger partial charge >= 0.3 is 5.97 Å². The molecule has 1 N–H and O–H groups in total. The summed E-state index contributed by atoms with van der Waals surface area (Å²) in [4.78, 5) is 25.6. The number of rotatable bonds is 3. The zero-order valence-electron chi connectivity index (χ0n) is 13.4. The highest BCUT2D eigenvalue weighted by atomic mass is 16.5. The number of carboxylic acid groups (broad SMARTS) is 1. The second-order valence-electron chi connectivity index (χ2n) is 6.24. The first-order chi connectivity index (χ1) is 10.9. The Kier molecular flexibility index (Phi) is 3.55. The van der Waals surface area contributed by atoms with E-state index < -0.39 is 11.4 Å². The van der Waals surface area contributed by atoms with Gasteiger partial charge in [-0.25, -0.2) is 0 Å². The molecule has 2 heterocycles. The normalized spacial score (nSPS) is 20.9. The van der Waals surface area contributed by atoms with E-state index in [9.17, 15) is 14.7 Å². The van der Waals surface area contributed by atoms with Gasteiger partial charge in [-0.05, 0) is 26.3 Å². The molecular weight excluding hydrogens is 298 g/mol. The van der Waals surface area contributed by atoms with E-state index in [0.29, 0.717) is 24.3 Å². The summed E-state index contributed by atoms with van der Waals surface area (Å²) in [5, 5.41) is 10.1. The Hall–Kier alpha value is -2.50. The van der Waals surface area contributed by atoms with Crippen molar-refractivity contribution >= 4 is 22.8 Å². The van der Waals surface area contributed by atoms with E-state index in [1.54, 1.807) is 25.0 Å². The SMILES string of the molecule is COc1cccc2c(C)c(C(=O)N3CC[C@](C)(C(=O)O)C3)oc12. The van der Waals surface area contributed by atoms with Crippen LogP contribution in [0.15, 0.2) is 22.6 Å². The largest absolute Gasteiger partial charge is 0.493 e. The summed E-state index contributed by atoms with van der Waals surface area (Å²) < 4.78 is 11.0. The maximum absolute atomic E-state index is 12.7. The second kappa shape index (κ2) is 5.30. The Balaban J connectivity index is 1.96. The van der Waals surface area contributed by atoms with Crippen LogP contribution in [0.3, 0.4) is 0 Å². The molecule has 1 atom stereocenters. The van der Waals surface area contributed by atoms with Gasteiger partial charge in [-0.3, -0.25) is 9.59 Å². The van der Waals surface area contributed by atoms with E-state index in [2.05, 4.69) is 0 Å². The molecule has 1 aliphatic heterocycles. The maximum Gasteiger partial charge on any atom is 0.311 e. The molecule has 1 amide bonds. The topological polar surface area (TPSA) is 80.0 Å². The van der Waals surface area contributed by atoms with Crippen LogP contribution in [-0.4, -0.2) is 42.1 Å². The molecule has 1 aromatic heterocycles. The Morgan fingerprint density at radius 2 is 2.13 bits per heavy atom. The maximum atomic E-state index is 12.7. The van der Waals surface area contributed by atoms with Crippen molar-refractivity contribution in [1.82, 2.24) is 4.90 Å². The van der Waals surface area contributed by atoms with Gasteiger partial charge in [-0.1, -0.05) is 12.1 Å². The van der Waals surface area contributed by atoms with Crippen molar-refractivity contribution in [3.05, 3.63) is 29.5 Å². The molecule has 1 aromatic carbocycles. The first kappa shape index (κ1) is 15.4.